The second-order valence-electron chi connectivity index (χ2n) is 4.65. The number of benzene rings is 1. The molecule has 1 aromatic carbocycles. The van der Waals surface area contributed by atoms with Crippen LogP contribution in [0, 0.1) is 4.77 Å². The summed E-state index contributed by atoms with van der Waals surface area (Å²) in [6, 6.07) is 10.0. The molecule has 0 aliphatic heterocycles. The van der Waals surface area contributed by atoms with Crippen molar-refractivity contribution < 1.29 is 9.21 Å². The predicted octanol–water partition coefficient (Wildman–Crippen LogP) is 3.00. The first kappa shape index (κ1) is 15.3. The SMILES string of the molecule is Nc1nn(CC(=O)c2ccc(Cl)cc2)c(=S)n1Nc1ccco1. The van der Waals surface area contributed by atoms with Crippen LogP contribution in [0.2, 0.25) is 5.02 Å². The highest BCUT2D eigenvalue weighted by Crippen LogP contribution is 2.13. The first-order valence-corrected chi connectivity index (χ1v) is 7.38. The molecule has 0 amide bonds. The minimum atomic E-state index is -0.152. The lowest BCUT2D eigenvalue weighted by Gasteiger charge is -2.04. The highest BCUT2D eigenvalue weighted by Gasteiger charge is 2.13. The van der Waals surface area contributed by atoms with Crippen molar-refractivity contribution in [2.24, 2.45) is 0 Å². The summed E-state index contributed by atoms with van der Waals surface area (Å²) in [6.45, 7) is -0.0303. The van der Waals surface area contributed by atoms with Crippen molar-refractivity contribution in [3.8, 4) is 0 Å². The van der Waals surface area contributed by atoms with Crippen LogP contribution in [-0.2, 0) is 6.54 Å². The van der Waals surface area contributed by atoms with Crippen molar-refractivity contribution in [1.82, 2.24) is 14.5 Å². The predicted molar refractivity (Wildman–Crippen MR) is 89.0 cm³/mol. The average Bonchev–Trinajstić information content (AvgIpc) is 3.12. The molecule has 3 aromatic rings. The largest absolute Gasteiger partial charge is 0.447 e. The van der Waals surface area contributed by atoms with Gasteiger partial charge in [0.1, 0.15) is 6.54 Å². The van der Waals surface area contributed by atoms with Gasteiger partial charge >= 0.3 is 0 Å². The molecule has 23 heavy (non-hydrogen) atoms. The van der Waals surface area contributed by atoms with Gasteiger partial charge in [-0.15, -0.1) is 5.10 Å². The molecule has 0 saturated carbocycles. The zero-order valence-corrected chi connectivity index (χ0v) is 13.3. The number of furan rings is 1. The molecule has 2 aromatic heterocycles. The van der Waals surface area contributed by atoms with Gasteiger partial charge in [0, 0.05) is 16.7 Å². The molecule has 0 aliphatic rings. The van der Waals surface area contributed by atoms with Gasteiger partial charge in [-0.2, -0.15) is 4.68 Å². The van der Waals surface area contributed by atoms with Crippen molar-refractivity contribution in [2.45, 2.75) is 6.54 Å². The fourth-order valence-electron chi connectivity index (χ4n) is 1.95. The van der Waals surface area contributed by atoms with Gasteiger partial charge < -0.3 is 10.2 Å². The number of nitrogens with zero attached hydrogens (tertiary/aromatic N) is 3. The highest BCUT2D eigenvalue weighted by molar-refractivity contribution is 7.71. The quantitative estimate of drug-likeness (QED) is 0.543. The van der Waals surface area contributed by atoms with Crippen molar-refractivity contribution in [3.63, 3.8) is 0 Å². The Kier molecular flexibility index (Phi) is 4.18. The maximum atomic E-state index is 12.3. The maximum absolute atomic E-state index is 12.3. The van der Waals surface area contributed by atoms with Crippen LogP contribution >= 0.6 is 23.8 Å². The molecule has 0 saturated heterocycles. The molecule has 0 bridgehead atoms. The number of halogens is 1. The van der Waals surface area contributed by atoms with Gasteiger partial charge in [-0.25, -0.2) is 4.68 Å². The van der Waals surface area contributed by atoms with E-state index in [-0.39, 0.29) is 23.0 Å². The Balaban J connectivity index is 1.82. The van der Waals surface area contributed by atoms with Crippen LogP contribution in [0.5, 0.6) is 0 Å². The Morgan fingerprint density at radius 3 is 2.74 bits per heavy atom. The lowest BCUT2D eigenvalue weighted by Crippen LogP contribution is -2.14. The number of hydrogen-bond acceptors (Lipinski definition) is 6. The van der Waals surface area contributed by atoms with E-state index >= 15 is 0 Å². The Morgan fingerprint density at radius 1 is 1.35 bits per heavy atom. The van der Waals surface area contributed by atoms with Crippen molar-refractivity contribution in [3.05, 3.63) is 58.0 Å². The normalized spacial score (nSPS) is 10.7. The van der Waals surface area contributed by atoms with E-state index in [1.807, 2.05) is 0 Å². The van der Waals surface area contributed by atoms with Crippen LogP contribution in [0.25, 0.3) is 0 Å². The van der Waals surface area contributed by atoms with Crippen molar-refractivity contribution in [2.75, 3.05) is 11.2 Å². The maximum Gasteiger partial charge on any atom is 0.240 e. The summed E-state index contributed by atoms with van der Waals surface area (Å²) in [7, 11) is 0. The van der Waals surface area contributed by atoms with E-state index in [1.165, 1.54) is 15.6 Å². The zero-order valence-electron chi connectivity index (χ0n) is 11.8. The molecule has 2 heterocycles. The van der Waals surface area contributed by atoms with Gasteiger partial charge in [0.15, 0.2) is 5.78 Å². The molecule has 0 radical (unpaired) electrons. The van der Waals surface area contributed by atoms with Gasteiger partial charge in [0.25, 0.3) is 0 Å². The third-order valence-electron chi connectivity index (χ3n) is 3.07. The van der Waals surface area contributed by atoms with Crippen LogP contribution in [0.15, 0.2) is 47.1 Å². The van der Waals surface area contributed by atoms with E-state index in [2.05, 4.69) is 10.5 Å². The number of aromatic nitrogens is 3. The third-order valence-corrected chi connectivity index (χ3v) is 3.71. The first-order valence-electron chi connectivity index (χ1n) is 6.59. The Bertz CT molecular complexity index is 883. The molecule has 0 aliphatic carbocycles. The monoisotopic (exact) mass is 349 g/mol. The first-order chi connectivity index (χ1) is 11.0. The minimum Gasteiger partial charge on any atom is -0.447 e. The molecule has 118 valence electrons. The molecular weight excluding hydrogens is 338 g/mol. The molecule has 9 heteroatoms. The number of carbonyl (C=O) groups excluding carboxylic acids is 1. The molecule has 3 N–H and O–H groups in total. The van der Waals surface area contributed by atoms with Crippen LogP contribution in [0.3, 0.4) is 0 Å². The molecule has 0 atom stereocenters. The van der Waals surface area contributed by atoms with Crippen LogP contribution < -0.4 is 11.2 Å². The number of rotatable bonds is 5. The Labute approximate surface area is 141 Å². The molecule has 0 fully saturated rings. The van der Waals surface area contributed by atoms with E-state index in [4.69, 9.17) is 34.0 Å². The second-order valence-corrected chi connectivity index (χ2v) is 5.45. The fraction of sp³-hybridized carbons (Fsp3) is 0.0714. The van der Waals surface area contributed by atoms with Gasteiger partial charge in [0.2, 0.25) is 16.6 Å². The number of Topliss-reactive ketones (excluding diaryl/α,β-unsaturated/α-hetero) is 1. The smallest absolute Gasteiger partial charge is 0.240 e. The van der Waals surface area contributed by atoms with E-state index in [0.717, 1.165) is 0 Å². The van der Waals surface area contributed by atoms with E-state index in [0.29, 0.717) is 16.5 Å². The summed E-state index contributed by atoms with van der Waals surface area (Å²) in [4.78, 5) is 12.3. The van der Waals surface area contributed by atoms with Crippen LogP contribution in [0.1, 0.15) is 10.4 Å². The van der Waals surface area contributed by atoms with E-state index in [9.17, 15) is 4.79 Å². The summed E-state index contributed by atoms with van der Waals surface area (Å²) in [5.74, 6) is 0.423. The molecule has 7 nitrogen and oxygen atoms in total. The third kappa shape index (κ3) is 3.27. The lowest BCUT2D eigenvalue weighted by molar-refractivity contribution is 0.0967. The summed E-state index contributed by atoms with van der Waals surface area (Å²) < 4.78 is 8.13. The summed E-state index contributed by atoms with van der Waals surface area (Å²) in [5.41, 5.74) is 9.21. The highest BCUT2D eigenvalue weighted by atomic mass is 35.5. The Morgan fingerprint density at radius 2 is 2.09 bits per heavy atom. The van der Waals surface area contributed by atoms with Crippen molar-refractivity contribution >= 4 is 41.4 Å². The number of ketones is 1. The Hall–Kier alpha value is -2.58. The minimum absolute atomic E-state index is 0.0303. The average molecular weight is 350 g/mol. The topological polar surface area (TPSA) is 91.0 Å². The van der Waals surface area contributed by atoms with E-state index < -0.39 is 0 Å². The second kappa shape index (κ2) is 6.27. The lowest BCUT2D eigenvalue weighted by atomic mass is 10.1. The molecule has 3 rings (SSSR count). The zero-order chi connectivity index (χ0) is 16.4. The number of nitrogen functional groups attached to an aromatic ring is 1. The summed E-state index contributed by atoms with van der Waals surface area (Å²) in [5, 5.41) is 4.64. The summed E-state index contributed by atoms with van der Waals surface area (Å²) >= 11 is 11.1. The number of anilines is 2. The summed E-state index contributed by atoms with van der Waals surface area (Å²) in [6.07, 6.45) is 1.51. The van der Waals surface area contributed by atoms with Crippen LogP contribution in [0.4, 0.5) is 11.8 Å². The van der Waals surface area contributed by atoms with Gasteiger partial charge in [-0.3, -0.25) is 10.2 Å². The number of nitrogens with two attached hydrogens (primary N) is 1. The number of hydrogen-bond donors (Lipinski definition) is 2. The molecule has 0 unspecified atom stereocenters. The van der Waals surface area contributed by atoms with Gasteiger partial charge in [0.05, 0.1) is 6.26 Å². The van der Waals surface area contributed by atoms with E-state index in [1.54, 1.807) is 36.4 Å². The molecule has 0 spiro atoms. The number of carbonyl (C=O) groups is 1. The van der Waals surface area contributed by atoms with Gasteiger partial charge in [-0.05, 0) is 42.5 Å². The van der Waals surface area contributed by atoms with Crippen molar-refractivity contribution in [1.29, 1.82) is 0 Å². The van der Waals surface area contributed by atoms with Gasteiger partial charge in [-0.1, -0.05) is 11.6 Å². The molecular formula is C14H12ClN5O2S. The standard InChI is InChI=1S/C14H12ClN5O2S/c15-10-5-3-9(4-6-10)11(21)8-19-14(23)20(13(16)18-19)17-12-2-1-7-22-12/h1-7,17H,8H2,(H2,16,18). The van der Waals surface area contributed by atoms with Crippen LogP contribution in [-0.4, -0.2) is 20.2 Å². The number of nitrogens with one attached hydrogen (secondary N) is 1. The fourth-order valence-corrected chi connectivity index (χ4v) is 2.32.